The Morgan fingerprint density at radius 2 is 2.14 bits per heavy atom. The lowest BCUT2D eigenvalue weighted by Crippen LogP contribution is -2.38. The van der Waals surface area contributed by atoms with Gasteiger partial charge in [-0.15, -0.1) is 0 Å². The van der Waals surface area contributed by atoms with E-state index < -0.39 is 5.97 Å². The molecule has 1 rings (SSSR count). The van der Waals surface area contributed by atoms with Gasteiger partial charge in [0.15, 0.2) is 0 Å². The number of aliphatic hydroxyl groups excluding tert-OH is 1. The van der Waals surface area contributed by atoms with Crippen molar-refractivity contribution >= 4 is 18.0 Å². The summed E-state index contributed by atoms with van der Waals surface area (Å²) in [6.45, 7) is 4.19. The molecule has 0 aliphatic rings. The molecule has 0 aromatic carbocycles. The third-order valence-corrected chi connectivity index (χ3v) is 2.89. The van der Waals surface area contributed by atoms with Gasteiger partial charge in [0.2, 0.25) is 0 Å². The van der Waals surface area contributed by atoms with Crippen LogP contribution >= 0.6 is 0 Å². The lowest BCUT2D eigenvalue weighted by atomic mass is 10.1. The van der Waals surface area contributed by atoms with E-state index in [0.29, 0.717) is 18.5 Å². The summed E-state index contributed by atoms with van der Waals surface area (Å²) in [7, 11) is 0. The quantitative estimate of drug-likeness (QED) is 0.742. The zero-order valence-corrected chi connectivity index (χ0v) is 12.2. The van der Waals surface area contributed by atoms with Crippen molar-refractivity contribution < 1.29 is 19.8 Å². The van der Waals surface area contributed by atoms with Gasteiger partial charge >= 0.3 is 5.97 Å². The predicted molar refractivity (Wildman–Crippen MR) is 78.8 cm³/mol. The average Bonchev–Trinajstić information content (AvgIpc) is 2.45. The zero-order chi connectivity index (χ0) is 15.8. The first-order valence-electron chi connectivity index (χ1n) is 6.75. The van der Waals surface area contributed by atoms with Gasteiger partial charge in [-0.05, 0) is 32.4 Å². The molecule has 6 heteroatoms. The number of aromatic nitrogens is 1. The van der Waals surface area contributed by atoms with Crippen LogP contribution in [0.5, 0.6) is 0 Å². The van der Waals surface area contributed by atoms with Crippen molar-refractivity contribution in [3.05, 3.63) is 35.7 Å². The highest BCUT2D eigenvalue weighted by atomic mass is 16.4. The lowest BCUT2D eigenvalue weighted by Gasteiger charge is -2.26. The summed E-state index contributed by atoms with van der Waals surface area (Å²) in [6.07, 6.45) is 4.31. The Bertz CT molecular complexity index is 526. The van der Waals surface area contributed by atoms with Gasteiger partial charge < -0.3 is 15.1 Å². The van der Waals surface area contributed by atoms with Gasteiger partial charge in [-0.2, -0.15) is 0 Å². The summed E-state index contributed by atoms with van der Waals surface area (Å²) >= 11 is 0. The molecule has 21 heavy (non-hydrogen) atoms. The number of carboxylic acids is 1. The smallest absolute Gasteiger partial charge is 0.328 e. The maximum atomic E-state index is 12.6. The zero-order valence-electron chi connectivity index (χ0n) is 12.2. The molecule has 1 amide bonds. The minimum absolute atomic E-state index is 0.00446. The molecular weight excluding hydrogens is 272 g/mol. The van der Waals surface area contributed by atoms with E-state index in [1.165, 1.54) is 12.3 Å². The second kappa shape index (κ2) is 8.16. The third kappa shape index (κ3) is 5.00. The molecule has 0 aliphatic carbocycles. The Kier molecular flexibility index (Phi) is 6.55. The van der Waals surface area contributed by atoms with E-state index in [1.54, 1.807) is 17.0 Å². The number of pyridine rings is 1. The summed E-state index contributed by atoms with van der Waals surface area (Å²) in [4.78, 5) is 28.8. The summed E-state index contributed by atoms with van der Waals surface area (Å²) in [5, 5.41) is 17.6. The molecule has 114 valence electrons. The monoisotopic (exact) mass is 292 g/mol. The van der Waals surface area contributed by atoms with E-state index in [4.69, 9.17) is 10.2 Å². The number of hydrogen-bond acceptors (Lipinski definition) is 4. The standard InChI is InChI=1S/C15H20N2O4/c1-11(2)17(9-4-10-18)15(21)14-12(5-3-8-16-14)6-7-13(19)20/h3,5-8,11,18H,4,9-10H2,1-2H3,(H,19,20)/b7-6+. The van der Waals surface area contributed by atoms with E-state index in [-0.39, 0.29) is 24.2 Å². The van der Waals surface area contributed by atoms with Crippen molar-refractivity contribution in [2.45, 2.75) is 26.3 Å². The fraction of sp³-hybridized carbons (Fsp3) is 0.400. The molecule has 0 atom stereocenters. The van der Waals surface area contributed by atoms with Crippen molar-refractivity contribution in [1.29, 1.82) is 0 Å². The first-order chi connectivity index (χ1) is 9.97. The van der Waals surface area contributed by atoms with Crippen LogP contribution in [0.2, 0.25) is 0 Å². The number of aliphatic carboxylic acids is 1. The molecule has 1 heterocycles. The van der Waals surface area contributed by atoms with Gasteiger partial charge in [0.1, 0.15) is 5.69 Å². The molecule has 0 spiro atoms. The summed E-state index contributed by atoms with van der Waals surface area (Å²) in [6, 6.07) is 3.25. The highest BCUT2D eigenvalue weighted by Crippen LogP contribution is 2.13. The second-order valence-electron chi connectivity index (χ2n) is 4.78. The van der Waals surface area contributed by atoms with Crippen molar-refractivity contribution in [1.82, 2.24) is 9.88 Å². The Morgan fingerprint density at radius 1 is 1.43 bits per heavy atom. The molecular formula is C15H20N2O4. The maximum absolute atomic E-state index is 12.6. The van der Waals surface area contributed by atoms with Gasteiger partial charge in [0.05, 0.1) is 0 Å². The van der Waals surface area contributed by atoms with Crippen LogP contribution < -0.4 is 0 Å². The van der Waals surface area contributed by atoms with Crippen LogP contribution in [0, 0.1) is 0 Å². The van der Waals surface area contributed by atoms with E-state index in [0.717, 1.165) is 6.08 Å². The SMILES string of the molecule is CC(C)N(CCCO)C(=O)c1ncccc1/C=C/C(=O)O. The summed E-state index contributed by atoms with van der Waals surface area (Å²) < 4.78 is 0. The van der Waals surface area contributed by atoms with Crippen molar-refractivity contribution in [3.8, 4) is 0 Å². The van der Waals surface area contributed by atoms with Crippen molar-refractivity contribution in [3.63, 3.8) is 0 Å². The average molecular weight is 292 g/mol. The number of amides is 1. The lowest BCUT2D eigenvalue weighted by molar-refractivity contribution is -0.131. The molecule has 6 nitrogen and oxygen atoms in total. The van der Waals surface area contributed by atoms with Crippen LogP contribution in [0.3, 0.4) is 0 Å². The normalized spacial score (nSPS) is 11.0. The topological polar surface area (TPSA) is 90.7 Å². The molecule has 0 unspecified atom stereocenters. The van der Waals surface area contributed by atoms with E-state index in [1.807, 2.05) is 13.8 Å². The number of nitrogens with zero attached hydrogens (tertiary/aromatic N) is 2. The summed E-state index contributed by atoms with van der Waals surface area (Å²) in [5.74, 6) is -1.36. The fourth-order valence-corrected chi connectivity index (χ4v) is 1.86. The van der Waals surface area contributed by atoms with E-state index >= 15 is 0 Å². The van der Waals surface area contributed by atoms with Crippen molar-refractivity contribution in [2.75, 3.05) is 13.2 Å². The Balaban J connectivity index is 3.07. The Morgan fingerprint density at radius 3 is 2.71 bits per heavy atom. The van der Waals surface area contributed by atoms with Crippen LogP contribution in [0.1, 0.15) is 36.3 Å². The van der Waals surface area contributed by atoms with E-state index in [2.05, 4.69) is 4.98 Å². The van der Waals surface area contributed by atoms with Crippen molar-refractivity contribution in [2.24, 2.45) is 0 Å². The van der Waals surface area contributed by atoms with Crippen LogP contribution in [0.4, 0.5) is 0 Å². The molecule has 1 aromatic heterocycles. The van der Waals surface area contributed by atoms with Gasteiger partial charge in [0.25, 0.3) is 5.91 Å². The number of hydrogen-bond donors (Lipinski definition) is 2. The molecule has 1 aromatic rings. The van der Waals surface area contributed by atoms with Gasteiger partial charge in [-0.1, -0.05) is 6.07 Å². The second-order valence-corrected chi connectivity index (χ2v) is 4.78. The van der Waals surface area contributed by atoms with Crippen LogP contribution in [0.25, 0.3) is 6.08 Å². The Labute approximate surface area is 123 Å². The van der Waals surface area contributed by atoms with Crippen LogP contribution in [-0.2, 0) is 4.79 Å². The number of carboxylic acid groups (broad SMARTS) is 1. The van der Waals surface area contributed by atoms with Gasteiger partial charge in [0, 0.05) is 37.0 Å². The molecule has 0 saturated carbocycles. The first-order valence-corrected chi connectivity index (χ1v) is 6.75. The minimum atomic E-state index is -1.08. The number of carbonyl (C=O) groups is 2. The van der Waals surface area contributed by atoms with Crippen LogP contribution in [-0.4, -0.2) is 51.2 Å². The maximum Gasteiger partial charge on any atom is 0.328 e. The molecule has 0 fully saturated rings. The highest BCUT2D eigenvalue weighted by molar-refractivity contribution is 5.97. The highest BCUT2D eigenvalue weighted by Gasteiger charge is 2.21. The molecule has 0 aliphatic heterocycles. The summed E-state index contributed by atoms with van der Waals surface area (Å²) in [5.41, 5.74) is 0.668. The fourth-order valence-electron chi connectivity index (χ4n) is 1.86. The largest absolute Gasteiger partial charge is 0.478 e. The number of aliphatic hydroxyl groups is 1. The Hall–Kier alpha value is -2.21. The van der Waals surface area contributed by atoms with Crippen LogP contribution in [0.15, 0.2) is 24.4 Å². The van der Waals surface area contributed by atoms with Gasteiger partial charge in [-0.25, -0.2) is 4.79 Å². The minimum Gasteiger partial charge on any atom is -0.478 e. The number of rotatable bonds is 7. The third-order valence-electron chi connectivity index (χ3n) is 2.89. The molecule has 2 N–H and O–H groups in total. The molecule has 0 saturated heterocycles. The number of carbonyl (C=O) groups excluding carboxylic acids is 1. The predicted octanol–water partition coefficient (Wildman–Crippen LogP) is 1.41. The first kappa shape index (κ1) is 16.8. The van der Waals surface area contributed by atoms with Gasteiger partial charge in [-0.3, -0.25) is 9.78 Å². The van der Waals surface area contributed by atoms with E-state index in [9.17, 15) is 9.59 Å². The molecule has 0 bridgehead atoms. The molecule has 0 radical (unpaired) electrons.